The van der Waals surface area contributed by atoms with Crippen LogP contribution in [0.4, 0.5) is 18.9 Å². The molecule has 0 aliphatic rings. The Morgan fingerprint density at radius 3 is 2.59 bits per heavy atom. The molecule has 0 saturated carbocycles. The Morgan fingerprint density at radius 2 is 1.85 bits per heavy atom. The molecule has 0 bridgehead atoms. The van der Waals surface area contributed by atoms with Crippen molar-refractivity contribution in [2.24, 2.45) is 0 Å². The Kier molecular flexibility index (Phi) is 5.09. The van der Waals surface area contributed by atoms with E-state index in [1.165, 1.54) is 12.1 Å². The average molecular weight is 398 g/mol. The van der Waals surface area contributed by atoms with E-state index in [4.69, 9.17) is 20.8 Å². The van der Waals surface area contributed by atoms with Gasteiger partial charge in [-0.15, -0.1) is 0 Å². The maximum Gasteiger partial charge on any atom is 0.416 e. The van der Waals surface area contributed by atoms with Crippen LogP contribution in [0.3, 0.4) is 0 Å². The number of hydrogen-bond acceptors (Lipinski definition) is 4. The zero-order valence-corrected chi connectivity index (χ0v) is 14.2. The number of nitrogens with one attached hydrogen (secondary N) is 1. The van der Waals surface area contributed by atoms with Gasteiger partial charge < -0.3 is 14.5 Å². The predicted molar refractivity (Wildman–Crippen MR) is 93.1 cm³/mol. The van der Waals surface area contributed by atoms with Crippen LogP contribution in [0.5, 0.6) is 5.75 Å². The summed E-state index contributed by atoms with van der Waals surface area (Å²) >= 11 is 5.82. The third-order valence-electron chi connectivity index (χ3n) is 3.53. The van der Waals surface area contributed by atoms with Gasteiger partial charge in [-0.2, -0.15) is 13.2 Å². The first-order valence-corrected chi connectivity index (χ1v) is 7.93. The molecule has 0 aliphatic carbocycles. The minimum atomic E-state index is -4.56. The number of benzene rings is 2. The number of amides is 1. The minimum Gasteiger partial charge on any atom is -0.484 e. The molecule has 3 rings (SSSR count). The van der Waals surface area contributed by atoms with Crippen molar-refractivity contribution in [1.29, 1.82) is 0 Å². The molecule has 1 amide bonds. The van der Waals surface area contributed by atoms with E-state index >= 15 is 0 Å². The highest BCUT2D eigenvalue weighted by molar-refractivity contribution is 6.33. The van der Waals surface area contributed by atoms with Gasteiger partial charge in [0.1, 0.15) is 11.3 Å². The first kappa shape index (κ1) is 18.8. The normalized spacial score (nSPS) is 11.4. The van der Waals surface area contributed by atoms with Crippen molar-refractivity contribution in [3.05, 3.63) is 69.5 Å². The van der Waals surface area contributed by atoms with Crippen LogP contribution in [0.2, 0.25) is 5.02 Å². The molecular weight excluding hydrogens is 387 g/mol. The largest absolute Gasteiger partial charge is 0.484 e. The second-order valence-corrected chi connectivity index (χ2v) is 5.89. The van der Waals surface area contributed by atoms with E-state index in [-0.39, 0.29) is 22.0 Å². The van der Waals surface area contributed by atoms with Crippen molar-refractivity contribution in [2.45, 2.75) is 6.18 Å². The summed E-state index contributed by atoms with van der Waals surface area (Å²) in [6.45, 7) is -0.477. The summed E-state index contributed by atoms with van der Waals surface area (Å²) in [5.74, 6) is -0.451. The molecule has 0 unspecified atom stereocenters. The second-order valence-electron chi connectivity index (χ2n) is 5.48. The molecule has 1 N–H and O–H groups in total. The fourth-order valence-electron chi connectivity index (χ4n) is 2.26. The van der Waals surface area contributed by atoms with Crippen molar-refractivity contribution in [3.8, 4) is 5.75 Å². The SMILES string of the molecule is O=C(COc1ccc2ccc(=O)oc2c1)Nc1cc(C(F)(F)F)ccc1Cl. The van der Waals surface area contributed by atoms with Gasteiger partial charge >= 0.3 is 11.8 Å². The number of anilines is 1. The lowest BCUT2D eigenvalue weighted by atomic mass is 10.2. The van der Waals surface area contributed by atoms with Crippen LogP contribution in [0, 0.1) is 0 Å². The molecule has 27 heavy (non-hydrogen) atoms. The molecule has 140 valence electrons. The van der Waals surface area contributed by atoms with E-state index in [9.17, 15) is 22.8 Å². The highest BCUT2D eigenvalue weighted by atomic mass is 35.5. The van der Waals surface area contributed by atoms with Gasteiger partial charge in [0, 0.05) is 17.5 Å². The number of alkyl halides is 3. The first-order valence-electron chi connectivity index (χ1n) is 7.56. The monoisotopic (exact) mass is 397 g/mol. The number of halogens is 4. The maximum absolute atomic E-state index is 12.8. The molecule has 1 heterocycles. The number of rotatable bonds is 4. The van der Waals surface area contributed by atoms with Gasteiger partial charge in [-0.05, 0) is 36.4 Å². The summed E-state index contributed by atoms with van der Waals surface area (Å²) in [6.07, 6.45) is -4.56. The summed E-state index contributed by atoms with van der Waals surface area (Å²) in [4.78, 5) is 23.2. The highest BCUT2D eigenvalue weighted by Crippen LogP contribution is 2.33. The van der Waals surface area contributed by atoms with E-state index in [1.807, 2.05) is 0 Å². The fourth-order valence-corrected chi connectivity index (χ4v) is 2.43. The van der Waals surface area contributed by atoms with Crippen LogP contribution in [-0.2, 0) is 11.0 Å². The van der Waals surface area contributed by atoms with E-state index in [2.05, 4.69) is 5.32 Å². The molecule has 9 heteroatoms. The van der Waals surface area contributed by atoms with Crippen molar-refractivity contribution in [1.82, 2.24) is 0 Å². The molecule has 0 aliphatic heterocycles. The Labute approximate surface area is 155 Å². The Hall–Kier alpha value is -3.00. The average Bonchev–Trinajstić information content (AvgIpc) is 2.60. The standard InChI is InChI=1S/C18H11ClF3NO4/c19-13-5-3-11(18(20,21)22)7-14(13)23-16(24)9-26-12-4-1-10-2-6-17(25)27-15(10)8-12/h1-8H,9H2,(H,23,24). The van der Waals surface area contributed by atoms with Crippen molar-refractivity contribution >= 4 is 34.2 Å². The molecular formula is C18H11ClF3NO4. The summed E-state index contributed by atoms with van der Waals surface area (Å²) in [6, 6.07) is 10.1. The minimum absolute atomic E-state index is 0.0381. The van der Waals surface area contributed by atoms with Gasteiger partial charge in [0.25, 0.3) is 5.91 Å². The zero-order chi connectivity index (χ0) is 19.6. The Bertz CT molecular complexity index is 1060. The summed E-state index contributed by atoms with van der Waals surface area (Å²) in [5.41, 5.74) is -1.37. The van der Waals surface area contributed by atoms with Crippen molar-refractivity contribution in [3.63, 3.8) is 0 Å². The maximum atomic E-state index is 12.8. The van der Waals surface area contributed by atoms with Crippen LogP contribution in [0.15, 0.2) is 57.7 Å². The van der Waals surface area contributed by atoms with E-state index < -0.39 is 29.9 Å². The number of ether oxygens (including phenoxy) is 1. The summed E-state index contributed by atoms with van der Waals surface area (Å²) < 4.78 is 48.5. The quantitative estimate of drug-likeness (QED) is 0.659. The molecule has 1 aromatic heterocycles. The van der Waals surface area contributed by atoms with Gasteiger partial charge in [0.2, 0.25) is 0 Å². The Morgan fingerprint density at radius 1 is 1.11 bits per heavy atom. The summed E-state index contributed by atoms with van der Waals surface area (Å²) in [5, 5.41) is 2.90. The lowest BCUT2D eigenvalue weighted by Gasteiger charge is -2.12. The third-order valence-corrected chi connectivity index (χ3v) is 3.86. The smallest absolute Gasteiger partial charge is 0.416 e. The second kappa shape index (κ2) is 7.32. The van der Waals surface area contributed by atoms with Gasteiger partial charge in [-0.3, -0.25) is 4.79 Å². The lowest BCUT2D eigenvalue weighted by molar-refractivity contribution is -0.137. The molecule has 0 atom stereocenters. The topological polar surface area (TPSA) is 68.5 Å². The van der Waals surface area contributed by atoms with Crippen LogP contribution in [0.1, 0.15) is 5.56 Å². The summed E-state index contributed by atoms with van der Waals surface area (Å²) in [7, 11) is 0. The molecule has 0 radical (unpaired) electrons. The highest BCUT2D eigenvalue weighted by Gasteiger charge is 2.31. The number of hydrogen-bond donors (Lipinski definition) is 1. The molecule has 0 saturated heterocycles. The third kappa shape index (κ3) is 4.59. The van der Waals surface area contributed by atoms with E-state index in [0.717, 1.165) is 18.2 Å². The van der Waals surface area contributed by atoms with Crippen LogP contribution < -0.4 is 15.7 Å². The van der Waals surface area contributed by atoms with Gasteiger partial charge in [0.05, 0.1) is 16.3 Å². The molecule has 0 fully saturated rings. The predicted octanol–water partition coefficient (Wildman–Crippen LogP) is 4.48. The van der Waals surface area contributed by atoms with Gasteiger partial charge in [-0.1, -0.05) is 11.6 Å². The molecule has 3 aromatic rings. The first-order chi connectivity index (χ1) is 12.7. The van der Waals surface area contributed by atoms with Crippen molar-refractivity contribution < 1.29 is 27.1 Å². The molecule has 2 aromatic carbocycles. The number of carbonyl (C=O) groups is 1. The molecule has 0 spiro atoms. The van der Waals surface area contributed by atoms with Crippen LogP contribution in [0.25, 0.3) is 11.0 Å². The Balaban J connectivity index is 1.69. The van der Waals surface area contributed by atoms with Crippen LogP contribution >= 0.6 is 11.6 Å². The lowest BCUT2D eigenvalue weighted by Crippen LogP contribution is -2.20. The number of fused-ring (bicyclic) bond motifs is 1. The van der Waals surface area contributed by atoms with E-state index in [1.54, 1.807) is 18.2 Å². The van der Waals surface area contributed by atoms with Gasteiger partial charge in [0.15, 0.2) is 6.61 Å². The number of carbonyl (C=O) groups excluding carboxylic acids is 1. The van der Waals surface area contributed by atoms with Crippen LogP contribution in [-0.4, -0.2) is 12.5 Å². The molecule has 5 nitrogen and oxygen atoms in total. The van der Waals surface area contributed by atoms with E-state index in [0.29, 0.717) is 5.39 Å². The van der Waals surface area contributed by atoms with Gasteiger partial charge in [-0.25, -0.2) is 4.79 Å². The fraction of sp³-hybridized carbons (Fsp3) is 0.111. The van der Waals surface area contributed by atoms with Crippen molar-refractivity contribution in [2.75, 3.05) is 11.9 Å². The zero-order valence-electron chi connectivity index (χ0n) is 13.5.